The molecule has 2 rings (SSSR count). The number of aliphatic hydroxyl groups is 1. The standard InChI is InChI=1S/C11H21NO2/c1-12(9-5-7-14-8-6-9)10-3-2-4-11(10)13/h9-11,13H,2-8H2,1H3/t10-,11-/m0/s1. The Morgan fingerprint density at radius 2 is 1.86 bits per heavy atom. The molecule has 1 heterocycles. The van der Waals surface area contributed by atoms with E-state index in [2.05, 4.69) is 11.9 Å². The summed E-state index contributed by atoms with van der Waals surface area (Å²) in [5.41, 5.74) is 0. The van der Waals surface area contributed by atoms with Gasteiger partial charge in [0.15, 0.2) is 0 Å². The Morgan fingerprint density at radius 3 is 2.43 bits per heavy atom. The van der Waals surface area contributed by atoms with E-state index in [0.717, 1.165) is 38.9 Å². The van der Waals surface area contributed by atoms with Crippen LogP contribution < -0.4 is 0 Å². The molecule has 3 nitrogen and oxygen atoms in total. The largest absolute Gasteiger partial charge is 0.391 e. The first-order chi connectivity index (χ1) is 6.79. The molecule has 1 aliphatic carbocycles. The maximum Gasteiger partial charge on any atom is 0.0695 e. The number of rotatable bonds is 2. The zero-order chi connectivity index (χ0) is 9.97. The van der Waals surface area contributed by atoms with Crippen molar-refractivity contribution in [3.8, 4) is 0 Å². The van der Waals surface area contributed by atoms with E-state index in [4.69, 9.17) is 4.74 Å². The molecule has 2 atom stereocenters. The van der Waals surface area contributed by atoms with Gasteiger partial charge in [-0.15, -0.1) is 0 Å². The normalized spacial score (nSPS) is 35.4. The highest BCUT2D eigenvalue weighted by molar-refractivity contribution is 4.87. The van der Waals surface area contributed by atoms with Crippen molar-refractivity contribution >= 4 is 0 Å². The molecule has 0 radical (unpaired) electrons. The predicted octanol–water partition coefficient (Wildman–Crippen LogP) is 1.01. The Balaban J connectivity index is 1.89. The molecule has 0 amide bonds. The number of hydrogen-bond acceptors (Lipinski definition) is 3. The van der Waals surface area contributed by atoms with Crippen LogP contribution in [0.25, 0.3) is 0 Å². The van der Waals surface area contributed by atoms with Crippen LogP contribution in [0.2, 0.25) is 0 Å². The van der Waals surface area contributed by atoms with Gasteiger partial charge in [0, 0.05) is 25.3 Å². The summed E-state index contributed by atoms with van der Waals surface area (Å²) in [5.74, 6) is 0. The molecule has 0 aromatic rings. The van der Waals surface area contributed by atoms with E-state index in [0.29, 0.717) is 12.1 Å². The van der Waals surface area contributed by atoms with Crippen LogP contribution >= 0.6 is 0 Å². The lowest BCUT2D eigenvalue weighted by Crippen LogP contribution is -2.46. The third kappa shape index (κ3) is 2.10. The first kappa shape index (κ1) is 10.4. The molecule has 0 bridgehead atoms. The molecule has 0 aromatic carbocycles. The first-order valence-corrected chi connectivity index (χ1v) is 5.77. The summed E-state index contributed by atoms with van der Waals surface area (Å²) < 4.78 is 5.35. The maximum absolute atomic E-state index is 9.82. The predicted molar refractivity (Wildman–Crippen MR) is 55.2 cm³/mol. The van der Waals surface area contributed by atoms with E-state index in [1.54, 1.807) is 0 Å². The lowest BCUT2D eigenvalue weighted by molar-refractivity contribution is 0.00332. The van der Waals surface area contributed by atoms with Crippen molar-refractivity contribution in [3.05, 3.63) is 0 Å². The summed E-state index contributed by atoms with van der Waals surface area (Å²) in [6.45, 7) is 1.77. The van der Waals surface area contributed by atoms with Gasteiger partial charge in [0.1, 0.15) is 0 Å². The zero-order valence-electron chi connectivity index (χ0n) is 8.98. The molecule has 3 heteroatoms. The van der Waals surface area contributed by atoms with Crippen molar-refractivity contribution in [2.75, 3.05) is 20.3 Å². The number of aliphatic hydroxyl groups excluding tert-OH is 1. The minimum atomic E-state index is -0.0946. The number of likely N-dealkylation sites (N-methyl/N-ethyl adjacent to an activating group) is 1. The van der Waals surface area contributed by atoms with Crippen molar-refractivity contribution in [1.82, 2.24) is 4.90 Å². The molecular weight excluding hydrogens is 178 g/mol. The van der Waals surface area contributed by atoms with Crippen LogP contribution in [0.4, 0.5) is 0 Å². The van der Waals surface area contributed by atoms with Gasteiger partial charge in [-0.05, 0) is 39.2 Å². The van der Waals surface area contributed by atoms with Gasteiger partial charge < -0.3 is 9.84 Å². The molecule has 0 unspecified atom stereocenters. The fraction of sp³-hybridized carbons (Fsp3) is 1.00. The van der Waals surface area contributed by atoms with Crippen molar-refractivity contribution in [1.29, 1.82) is 0 Å². The van der Waals surface area contributed by atoms with Crippen LogP contribution in [-0.2, 0) is 4.74 Å². The van der Waals surface area contributed by atoms with Crippen LogP contribution in [0.5, 0.6) is 0 Å². The third-order valence-corrected chi connectivity index (χ3v) is 3.73. The van der Waals surface area contributed by atoms with Crippen LogP contribution in [0, 0.1) is 0 Å². The van der Waals surface area contributed by atoms with Gasteiger partial charge in [0.05, 0.1) is 6.10 Å². The van der Waals surface area contributed by atoms with Gasteiger partial charge >= 0.3 is 0 Å². The van der Waals surface area contributed by atoms with Crippen LogP contribution in [0.3, 0.4) is 0 Å². The highest BCUT2D eigenvalue weighted by Gasteiger charge is 2.32. The lowest BCUT2D eigenvalue weighted by Gasteiger charge is -2.36. The second-order valence-corrected chi connectivity index (χ2v) is 4.57. The number of hydrogen-bond donors (Lipinski definition) is 1. The van der Waals surface area contributed by atoms with Crippen LogP contribution in [-0.4, -0.2) is 48.5 Å². The fourth-order valence-corrected chi connectivity index (χ4v) is 2.76. The van der Waals surface area contributed by atoms with Crippen molar-refractivity contribution in [2.24, 2.45) is 0 Å². The van der Waals surface area contributed by atoms with E-state index >= 15 is 0 Å². The summed E-state index contributed by atoms with van der Waals surface area (Å²) in [6, 6.07) is 1.03. The van der Waals surface area contributed by atoms with Crippen LogP contribution in [0.1, 0.15) is 32.1 Å². The summed E-state index contributed by atoms with van der Waals surface area (Å²) in [7, 11) is 2.16. The Kier molecular flexibility index (Phi) is 3.42. The minimum absolute atomic E-state index is 0.0946. The van der Waals surface area contributed by atoms with Gasteiger partial charge in [0.25, 0.3) is 0 Å². The quantitative estimate of drug-likeness (QED) is 0.720. The topological polar surface area (TPSA) is 32.7 Å². The van der Waals surface area contributed by atoms with Crippen molar-refractivity contribution < 1.29 is 9.84 Å². The molecule has 0 aromatic heterocycles. The molecule has 1 saturated heterocycles. The molecular formula is C11H21NO2. The molecule has 1 N–H and O–H groups in total. The van der Waals surface area contributed by atoms with Crippen molar-refractivity contribution in [3.63, 3.8) is 0 Å². The highest BCUT2D eigenvalue weighted by atomic mass is 16.5. The zero-order valence-corrected chi connectivity index (χ0v) is 8.98. The molecule has 2 fully saturated rings. The molecule has 82 valence electrons. The highest BCUT2D eigenvalue weighted by Crippen LogP contribution is 2.27. The van der Waals surface area contributed by atoms with Gasteiger partial charge in [-0.25, -0.2) is 0 Å². The Morgan fingerprint density at radius 1 is 1.14 bits per heavy atom. The van der Waals surface area contributed by atoms with Gasteiger partial charge in [-0.2, -0.15) is 0 Å². The Bertz CT molecular complexity index is 180. The van der Waals surface area contributed by atoms with E-state index in [9.17, 15) is 5.11 Å². The van der Waals surface area contributed by atoms with Crippen molar-refractivity contribution in [2.45, 2.75) is 50.3 Å². The van der Waals surface area contributed by atoms with Gasteiger partial charge in [-0.3, -0.25) is 4.90 Å². The van der Waals surface area contributed by atoms with Gasteiger partial charge in [-0.1, -0.05) is 0 Å². The molecule has 2 aliphatic rings. The molecule has 1 saturated carbocycles. The maximum atomic E-state index is 9.82. The second-order valence-electron chi connectivity index (χ2n) is 4.57. The monoisotopic (exact) mass is 199 g/mol. The van der Waals surface area contributed by atoms with Gasteiger partial charge in [0.2, 0.25) is 0 Å². The summed E-state index contributed by atoms with van der Waals surface area (Å²) in [4.78, 5) is 2.39. The van der Waals surface area contributed by atoms with E-state index in [1.165, 1.54) is 6.42 Å². The Labute approximate surface area is 86.0 Å². The summed E-state index contributed by atoms with van der Waals surface area (Å²) >= 11 is 0. The molecule has 1 aliphatic heterocycles. The molecule has 0 spiro atoms. The molecule has 14 heavy (non-hydrogen) atoms. The third-order valence-electron chi connectivity index (χ3n) is 3.73. The summed E-state index contributed by atoms with van der Waals surface area (Å²) in [5, 5.41) is 9.82. The average molecular weight is 199 g/mol. The SMILES string of the molecule is CN(C1CCOCC1)[C@H]1CCC[C@@H]1O. The first-order valence-electron chi connectivity index (χ1n) is 5.77. The number of nitrogens with zero attached hydrogens (tertiary/aromatic N) is 1. The lowest BCUT2D eigenvalue weighted by atomic mass is 10.0. The smallest absolute Gasteiger partial charge is 0.0695 e. The average Bonchev–Trinajstić information content (AvgIpc) is 2.65. The van der Waals surface area contributed by atoms with Crippen LogP contribution in [0.15, 0.2) is 0 Å². The Hall–Kier alpha value is -0.120. The van der Waals surface area contributed by atoms with E-state index in [1.807, 2.05) is 0 Å². The summed E-state index contributed by atoms with van der Waals surface area (Å²) in [6.07, 6.45) is 5.48. The van der Waals surface area contributed by atoms with E-state index in [-0.39, 0.29) is 6.10 Å². The number of ether oxygens (including phenoxy) is 1. The van der Waals surface area contributed by atoms with E-state index < -0.39 is 0 Å². The second kappa shape index (κ2) is 4.60. The fourth-order valence-electron chi connectivity index (χ4n) is 2.76. The minimum Gasteiger partial charge on any atom is -0.391 e.